The van der Waals surface area contributed by atoms with E-state index in [9.17, 15) is 9.59 Å². The maximum absolute atomic E-state index is 12.6. The number of aryl methyl sites for hydroxylation is 1. The van der Waals surface area contributed by atoms with Crippen molar-refractivity contribution in [1.29, 1.82) is 0 Å². The Kier molecular flexibility index (Phi) is 4.96. The van der Waals surface area contributed by atoms with Gasteiger partial charge < -0.3 is 5.32 Å². The summed E-state index contributed by atoms with van der Waals surface area (Å²) >= 11 is 7.31. The molecule has 1 aromatic heterocycles. The van der Waals surface area contributed by atoms with Crippen LogP contribution in [0, 0.1) is 12.8 Å². The molecular weight excluding hydrogens is 346 g/mol. The quantitative estimate of drug-likeness (QED) is 0.851. The van der Waals surface area contributed by atoms with E-state index in [2.05, 4.69) is 10.3 Å². The third kappa shape index (κ3) is 3.35. The van der Waals surface area contributed by atoms with Gasteiger partial charge >= 0.3 is 0 Å². The molecule has 0 saturated heterocycles. The number of aromatic nitrogens is 2. The van der Waals surface area contributed by atoms with Crippen molar-refractivity contribution in [3.8, 4) is 0 Å². The number of fused-ring (bicyclic) bond motifs is 1. The first-order valence-corrected chi connectivity index (χ1v) is 9.15. The average molecular weight is 364 g/mol. The molecule has 0 bridgehead atoms. The second kappa shape index (κ2) is 6.99. The van der Waals surface area contributed by atoms with Crippen LogP contribution in [0.15, 0.2) is 34.2 Å². The van der Waals surface area contributed by atoms with Gasteiger partial charge in [0, 0.05) is 34.3 Å². The number of hydrogen-bond acceptors (Lipinski definition) is 4. The van der Waals surface area contributed by atoms with Crippen molar-refractivity contribution in [1.82, 2.24) is 9.55 Å². The predicted octanol–water partition coefficient (Wildman–Crippen LogP) is 3.13. The lowest BCUT2D eigenvalue weighted by Gasteiger charge is -2.25. The summed E-state index contributed by atoms with van der Waals surface area (Å²) in [5.41, 5.74) is 2.17. The fourth-order valence-corrected chi connectivity index (χ4v) is 3.99. The molecule has 1 aliphatic rings. The molecule has 7 heteroatoms. The number of halogens is 1. The van der Waals surface area contributed by atoms with Crippen LogP contribution < -0.4 is 10.9 Å². The van der Waals surface area contributed by atoms with Gasteiger partial charge in [-0.05, 0) is 37.6 Å². The van der Waals surface area contributed by atoms with Crippen LogP contribution in [0.4, 0.5) is 5.69 Å². The van der Waals surface area contributed by atoms with E-state index < -0.39 is 0 Å². The number of rotatable bonds is 3. The molecule has 24 heavy (non-hydrogen) atoms. The molecule has 1 aliphatic heterocycles. The zero-order valence-electron chi connectivity index (χ0n) is 13.5. The molecule has 0 radical (unpaired) electrons. The molecule has 0 saturated carbocycles. The van der Waals surface area contributed by atoms with Gasteiger partial charge in [0.25, 0.3) is 5.56 Å². The predicted molar refractivity (Wildman–Crippen MR) is 96.9 cm³/mol. The Morgan fingerprint density at radius 2 is 2.12 bits per heavy atom. The summed E-state index contributed by atoms with van der Waals surface area (Å²) in [6.07, 6.45) is 0.643. The van der Waals surface area contributed by atoms with E-state index in [-0.39, 0.29) is 17.4 Å². The van der Waals surface area contributed by atoms with Gasteiger partial charge in [0.05, 0.1) is 5.92 Å². The van der Waals surface area contributed by atoms with E-state index in [1.165, 1.54) is 11.8 Å². The van der Waals surface area contributed by atoms with Gasteiger partial charge in [0.15, 0.2) is 5.16 Å². The first kappa shape index (κ1) is 17.0. The van der Waals surface area contributed by atoms with Crippen LogP contribution >= 0.6 is 23.4 Å². The van der Waals surface area contributed by atoms with Crippen molar-refractivity contribution < 1.29 is 4.79 Å². The maximum Gasteiger partial charge on any atom is 0.257 e. The van der Waals surface area contributed by atoms with Crippen molar-refractivity contribution >= 4 is 35.0 Å². The third-order valence-corrected chi connectivity index (χ3v) is 5.48. The first-order chi connectivity index (χ1) is 11.5. The molecule has 1 amide bonds. The van der Waals surface area contributed by atoms with Crippen molar-refractivity contribution in [2.75, 3.05) is 11.1 Å². The number of benzene rings is 1. The summed E-state index contributed by atoms with van der Waals surface area (Å²) in [6.45, 7) is 4.17. The van der Waals surface area contributed by atoms with E-state index >= 15 is 0 Å². The smallest absolute Gasteiger partial charge is 0.257 e. The Morgan fingerprint density at radius 1 is 1.42 bits per heavy atom. The van der Waals surface area contributed by atoms with E-state index in [1.54, 1.807) is 28.8 Å². The Balaban J connectivity index is 1.80. The molecule has 1 atom stereocenters. The molecule has 0 aliphatic carbocycles. The van der Waals surface area contributed by atoms with Gasteiger partial charge in [-0.25, -0.2) is 4.98 Å². The summed E-state index contributed by atoms with van der Waals surface area (Å²) in [7, 11) is 0. The maximum atomic E-state index is 12.6. The van der Waals surface area contributed by atoms with Gasteiger partial charge in [-0.3, -0.25) is 14.2 Å². The molecule has 1 unspecified atom stereocenters. The zero-order chi connectivity index (χ0) is 17.3. The SMILES string of the molecule is CCc1c(C)nc2n(c1=O)CC(C(=O)Nc1ccc(Cl)cc1)CS2. The van der Waals surface area contributed by atoms with Gasteiger partial charge in [-0.1, -0.05) is 30.3 Å². The number of thioether (sulfide) groups is 1. The average Bonchev–Trinajstić information content (AvgIpc) is 2.57. The number of anilines is 1. The molecule has 2 aromatic rings. The number of hydrogen-bond donors (Lipinski definition) is 1. The fraction of sp³-hybridized carbons (Fsp3) is 0.353. The highest BCUT2D eigenvalue weighted by Gasteiger charge is 2.28. The second-order valence-corrected chi connectivity index (χ2v) is 7.16. The topological polar surface area (TPSA) is 64.0 Å². The minimum atomic E-state index is -0.273. The Labute approximate surface area is 149 Å². The van der Waals surface area contributed by atoms with E-state index in [1.807, 2.05) is 13.8 Å². The second-order valence-electron chi connectivity index (χ2n) is 5.73. The van der Waals surface area contributed by atoms with Crippen molar-refractivity contribution in [2.24, 2.45) is 5.92 Å². The number of amides is 1. The van der Waals surface area contributed by atoms with Crippen LogP contribution in [0.5, 0.6) is 0 Å². The molecule has 1 aromatic carbocycles. The zero-order valence-corrected chi connectivity index (χ0v) is 15.1. The minimum Gasteiger partial charge on any atom is -0.326 e. The molecular formula is C17H18ClN3O2S. The number of carbonyl (C=O) groups is 1. The van der Waals surface area contributed by atoms with Crippen LogP contribution in [0.1, 0.15) is 18.2 Å². The third-order valence-electron chi connectivity index (χ3n) is 4.09. The Morgan fingerprint density at radius 3 is 2.79 bits per heavy atom. The highest BCUT2D eigenvalue weighted by atomic mass is 35.5. The lowest BCUT2D eigenvalue weighted by atomic mass is 10.1. The highest BCUT2D eigenvalue weighted by Crippen LogP contribution is 2.27. The largest absolute Gasteiger partial charge is 0.326 e. The van der Waals surface area contributed by atoms with Gasteiger partial charge in [-0.2, -0.15) is 0 Å². The van der Waals surface area contributed by atoms with Gasteiger partial charge in [0.2, 0.25) is 5.91 Å². The molecule has 2 heterocycles. The van der Waals surface area contributed by atoms with Gasteiger partial charge in [0.1, 0.15) is 0 Å². The van der Waals surface area contributed by atoms with E-state index in [0.717, 1.165) is 11.3 Å². The Hall–Kier alpha value is -1.79. The van der Waals surface area contributed by atoms with Gasteiger partial charge in [-0.15, -0.1) is 0 Å². The molecule has 3 rings (SSSR count). The summed E-state index contributed by atoms with van der Waals surface area (Å²) < 4.78 is 1.63. The summed E-state index contributed by atoms with van der Waals surface area (Å²) in [5, 5.41) is 4.20. The van der Waals surface area contributed by atoms with E-state index in [4.69, 9.17) is 11.6 Å². The number of carbonyl (C=O) groups excluding carboxylic acids is 1. The highest BCUT2D eigenvalue weighted by molar-refractivity contribution is 7.99. The lowest BCUT2D eigenvalue weighted by molar-refractivity contribution is -0.119. The minimum absolute atomic E-state index is 0.0310. The molecule has 1 N–H and O–H groups in total. The monoisotopic (exact) mass is 363 g/mol. The molecule has 0 spiro atoms. The summed E-state index contributed by atoms with van der Waals surface area (Å²) in [5.74, 6) is 0.239. The summed E-state index contributed by atoms with van der Waals surface area (Å²) in [4.78, 5) is 29.6. The first-order valence-electron chi connectivity index (χ1n) is 7.79. The fourth-order valence-electron chi connectivity index (χ4n) is 2.74. The summed E-state index contributed by atoms with van der Waals surface area (Å²) in [6, 6.07) is 6.98. The van der Waals surface area contributed by atoms with Crippen LogP contribution in [0.25, 0.3) is 0 Å². The molecule has 126 valence electrons. The van der Waals surface area contributed by atoms with Crippen LogP contribution in [-0.2, 0) is 17.8 Å². The molecule has 5 nitrogen and oxygen atoms in total. The van der Waals surface area contributed by atoms with Crippen LogP contribution in [0.3, 0.4) is 0 Å². The normalized spacial score (nSPS) is 16.5. The number of nitrogens with zero attached hydrogens (tertiary/aromatic N) is 2. The van der Waals surface area contributed by atoms with Crippen molar-refractivity contribution in [3.05, 3.63) is 50.9 Å². The lowest BCUT2D eigenvalue weighted by Crippen LogP contribution is -2.38. The Bertz CT molecular complexity index is 833. The van der Waals surface area contributed by atoms with Crippen LogP contribution in [0.2, 0.25) is 5.02 Å². The van der Waals surface area contributed by atoms with Crippen LogP contribution in [-0.4, -0.2) is 21.2 Å². The standard InChI is InChI=1S/C17H18ClN3O2S/c1-3-14-10(2)19-17-21(16(14)23)8-11(9-24-17)15(22)20-13-6-4-12(18)5-7-13/h4-7,11H,3,8-9H2,1-2H3,(H,20,22). The van der Waals surface area contributed by atoms with Crippen molar-refractivity contribution in [2.45, 2.75) is 32.0 Å². The van der Waals surface area contributed by atoms with Crippen molar-refractivity contribution in [3.63, 3.8) is 0 Å². The number of nitrogens with one attached hydrogen (secondary N) is 1. The molecule has 0 fully saturated rings. The van der Waals surface area contributed by atoms with E-state index in [0.29, 0.717) is 34.6 Å².